The molecular formula is C12H20N2OS. The molecule has 1 aliphatic heterocycles. The molecule has 1 heterocycles. The van der Waals surface area contributed by atoms with Crippen molar-refractivity contribution in [1.29, 1.82) is 0 Å². The minimum absolute atomic E-state index is 0.107. The zero-order chi connectivity index (χ0) is 11.2. The number of hydrogen-bond acceptors (Lipinski definition) is 3. The predicted octanol–water partition coefficient (Wildman–Crippen LogP) is 1.58. The van der Waals surface area contributed by atoms with Gasteiger partial charge in [-0.3, -0.25) is 10.1 Å². The maximum Gasteiger partial charge on any atom is 0.244 e. The lowest BCUT2D eigenvalue weighted by atomic mass is 10.2. The molecule has 1 spiro atoms. The fourth-order valence-electron chi connectivity index (χ4n) is 3.11. The lowest BCUT2D eigenvalue weighted by molar-refractivity contribution is -0.131. The summed E-state index contributed by atoms with van der Waals surface area (Å²) >= 11 is 2.03. The fraction of sp³-hybridized carbons (Fsp3) is 0.917. The second-order valence-corrected chi connectivity index (χ2v) is 6.70. The first-order valence-corrected chi connectivity index (χ1v) is 7.49. The van der Waals surface area contributed by atoms with E-state index >= 15 is 0 Å². The Morgan fingerprint density at radius 3 is 2.94 bits per heavy atom. The summed E-state index contributed by atoms with van der Waals surface area (Å²) in [6.45, 7) is 3.01. The van der Waals surface area contributed by atoms with Crippen LogP contribution in [-0.4, -0.2) is 40.1 Å². The van der Waals surface area contributed by atoms with Crippen LogP contribution in [0.4, 0.5) is 0 Å². The first-order chi connectivity index (χ1) is 7.77. The van der Waals surface area contributed by atoms with Crippen LogP contribution in [0.1, 0.15) is 39.0 Å². The number of hydrogen-bond donors (Lipinski definition) is 1. The topological polar surface area (TPSA) is 32.3 Å². The van der Waals surface area contributed by atoms with Crippen LogP contribution < -0.4 is 5.32 Å². The SMILES string of the molecule is CCSC1CCCC1N1CNC2(CC2)C1=O. The predicted molar refractivity (Wildman–Crippen MR) is 66.4 cm³/mol. The number of carbonyl (C=O) groups excluding carboxylic acids is 1. The van der Waals surface area contributed by atoms with Crippen molar-refractivity contribution in [3.63, 3.8) is 0 Å². The van der Waals surface area contributed by atoms with E-state index in [-0.39, 0.29) is 5.54 Å². The van der Waals surface area contributed by atoms with E-state index in [2.05, 4.69) is 17.1 Å². The number of nitrogens with zero attached hydrogens (tertiary/aromatic N) is 1. The van der Waals surface area contributed by atoms with E-state index in [9.17, 15) is 4.79 Å². The van der Waals surface area contributed by atoms with Crippen molar-refractivity contribution in [3.05, 3.63) is 0 Å². The lowest BCUT2D eigenvalue weighted by Gasteiger charge is -2.28. The van der Waals surface area contributed by atoms with Crippen molar-refractivity contribution in [2.75, 3.05) is 12.4 Å². The van der Waals surface area contributed by atoms with Crippen molar-refractivity contribution in [3.8, 4) is 0 Å². The monoisotopic (exact) mass is 240 g/mol. The van der Waals surface area contributed by atoms with Gasteiger partial charge in [0.1, 0.15) is 0 Å². The summed E-state index contributed by atoms with van der Waals surface area (Å²) in [5, 5.41) is 4.10. The molecule has 2 saturated carbocycles. The normalized spacial score (nSPS) is 36.3. The molecule has 0 radical (unpaired) electrons. The summed E-state index contributed by atoms with van der Waals surface area (Å²) in [4.78, 5) is 14.4. The van der Waals surface area contributed by atoms with Gasteiger partial charge >= 0.3 is 0 Å². The van der Waals surface area contributed by atoms with E-state index in [0.29, 0.717) is 17.2 Å². The van der Waals surface area contributed by atoms with Crippen LogP contribution >= 0.6 is 11.8 Å². The Hall–Kier alpha value is -0.220. The molecule has 3 aliphatic rings. The zero-order valence-electron chi connectivity index (χ0n) is 9.87. The van der Waals surface area contributed by atoms with Gasteiger partial charge in [0.05, 0.1) is 12.2 Å². The second-order valence-electron chi connectivity index (χ2n) is 5.18. The first-order valence-electron chi connectivity index (χ1n) is 6.44. The minimum Gasteiger partial charge on any atom is -0.324 e. The minimum atomic E-state index is -0.107. The summed E-state index contributed by atoms with van der Waals surface area (Å²) in [5.74, 6) is 1.56. The number of nitrogens with one attached hydrogen (secondary N) is 1. The van der Waals surface area contributed by atoms with Gasteiger partial charge in [0.2, 0.25) is 5.91 Å². The Morgan fingerprint density at radius 1 is 1.50 bits per heavy atom. The third kappa shape index (κ3) is 1.58. The Bertz CT molecular complexity index is 303. The summed E-state index contributed by atoms with van der Waals surface area (Å²) in [7, 11) is 0. The fourth-order valence-corrected chi connectivity index (χ4v) is 4.38. The van der Waals surface area contributed by atoms with Gasteiger partial charge in [-0.25, -0.2) is 0 Å². The molecule has 0 bridgehead atoms. The smallest absolute Gasteiger partial charge is 0.244 e. The molecule has 2 unspecified atom stereocenters. The number of rotatable bonds is 3. The summed E-state index contributed by atoms with van der Waals surface area (Å²) in [6, 6.07) is 0.505. The average Bonchev–Trinajstić information content (AvgIpc) is 2.83. The molecule has 90 valence electrons. The van der Waals surface area contributed by atoms with Gasteiger partial charge in [-0.15, -0.1) is 0 Å². The van der Waals surface area contributed by atoms with Crippen molar-refractivity contribution in [2.45, 2.75) is 55.9 Å². The number of amides is 1. The number of carbonyl (C=O) groups is 1. The van der Waals surface area contributed by atoms with Gasteiger partial charge in [0, 0.05) is 11.3 Å². The van der Waals surface area contributed by atoms with E-state index in [0.717, 1.165) is 19.5 Å². The van der Waals surface area contributed by atoms with Crippen molar-refractivity contribution in [2.24, 2.45) is 0 Å². The van der Waals surface area contributed by atoms with Crippen molar-refractivity contribution < 1.29 is 4.79 Å². The number of thioether (sulfide) groups is 1. The van der Waals surface area contributed by atoms with E-state index in [1.54, 1.807) is 0 Å². The molecule has 2 atom stereocenters. The zero-order valence-corrected chi connectivity index (χ0v) is 10.7. The highest BCUT2D eigenvalue weighted by Crippen LogP contribution is 2.43. The summed E-state index contributed by atoms with van der Waals surface area (Å²) in [6.07, 6.45) is 5.90. The van der Waals surface area contributed by atoms with Gasteiger partial charge in [-0.2, -0.15) is 11.8 Å². The van der Waals surface area contributed by atoms with Crippen molar-refractivity contribution in [1.82, 2.24) is 10.2 Å². The molecule has 3 rings (SSSR count). The quantitative estimate of drug-likeness (QED) is 0.813. The van der Waals surface area contributed by atoms with Crippen LogP contribution in [0, 0.1) is 0 Å². The van der Waals surface area contributed by atoms with Gasteiger partial charge in [0.15, 0.2) is 0 Å². The molecule has 2 aliphatic carbocycles. The third-order valence-corrected chi connectivity index (χ3v) is 5.52. The highest BCUT2D eigenvalue weighted by Gasteiger charge is 2.57. The standard InChI is InChI=1S/C12H20N2OS/c1-2-16-10-5-3-4-9(10)14-8-13-12(6-7-12)11(14)15/h9-10,13H,2-8H2,1H3. The Kier molecular flexibility index (Phi) is 2.67. The maximum absolute atomic E-state index is 12.3. The van der Waals surface area contributed by atoms with Crippen LogP contribution in [0.2, 0.25) is 0 Å². The second kappa shape index (κ2) is 3.91. The highest BCUT2D eigenvalue weighted by molar-refractivity contribution is 7.99. The van der Waals surface area contributed by atoms with Gasteiger partial charge in [-0.1, -0.05) is 13.3 Å². The third-order valence-electron chi connectivity index (χ3n) is 4.21. The van der Waals surface area contributed by atoms with E-state index in [1.165, 1.54) is 25.0 Å². The van der Waals surface area contributed by atoms with Gasteiger partial charge in [-0.05, 0) is 31.4 Å². The molecule has 1 amide bonds. The van der Waals surface area contributed by atoms with Crippen LogP contribution in [0.3, 0.4) is 0 Å². The first kappa shape index (κ1) is 10.9. The summed E-state index contributed by atoms with van der Waals surface area (Å²) in [5.41, 5.74) is -0.107. The van der Waals surface area contributed by atoms with E-state index in [1.807, 2.05) is 11.8 Å². The highest BCUT2D eigenvalue weighted by atomic mass is 32.2. The summed E-state index contributed by atoms with van der Waals surface area (Å²) < 4.78 is 0. The lowest BCUT2D eigenvalue weighted by Crippen LogP contribution is -2.42. The average molecular weight is 240 g/mol. The Morgan fingerprint density at radius 2 is 2.31 bits per heavy atom. The molecule has 4 heteroatoms. The Balaban J connectivity index is 1.70. The molecule has 1 saturated heterocycles. The molecule has 16 heavy (non-hydrogen) atoms. The van der Waals surface area contributed by atoms with Gasteiger partial charge < -0.3 is 4.90 Å². The van der Waals surface area contributed by atoms with Crippen molar-refractivity contribution >= 4 is 17.7 Å². The van der Waals surface area contributed by atoms with Gasteiger partial charge in [0.25, 0.3) is 0 Å². The molecule has 0 aromatic rings. The van der Waals surface area contributed by atoms with Crippen LogP contribution in [0.25, 0.3) is 0 Å². The maximum atomic E-state index is 12.3. The van der Waals surface area contributed by atoms with E-state index in [4.69, 9.17) is 0 Å². The van der Waals surface area contributed by atoms with Crippen LogP contribution in [0.5, 0.6) is 0 Å². The van der Waals surface area contributed by atoms with E-state index < -0.39 is 0 Å². The molecule has 3 nitrogen and oxygen atoms in total. The Labute approximate surface area is 101 Å². The molecular weight excluding hydrogens is 220 g/mol. The molecule has 1 N–H and O–H groups in total. The largest absolute Gasteiger partial charge is 0.324 e. The van der Waals surface area contributed by atoms with Crippen LogP contribution in [-0.2, 0) is 4.79 Å². The van der Waals surface area contributed by atoms with Crippen LogP contribution in [0.15, 0.2) is 0 Å². The molecule has 0 aromatic carbocycles. The molecule has 0 aromatic heterocycles. The molecule has 3 fully saturated rings.